The highest BCUT2D eigenvalue weighted by molar-refractivity contribution is 9.10. The average molecular weight is 352 g/mol. The first-order valence-corrected chi connectivity index (χ1v) is 8.22. The van der Waals surface area contributed by atoms with E-state index in [0.717, 1.165) is 22.1 Å². The van der Waals surface area contributed by atoms with E-state index in [1.165, 1.54) is 4.88 Å². The molecular formula is C16H18BrNOS. The van der Waals surface area contributed by atoms with Gasteiger partial charge in [-0.2, -0.15) is 0 Å². The van der Waals surface area contributed by atoms with Gasteiger partial charge in [0.1, 0.15) is 0 Å². The van der Waals surface area contributed by atoms with Crippen molar-refractivity contribution in [1.29, 1.82) is 0 Å². The number of benzene rings is 1. The van der Waals surface area contributed by atoms with Crippen LogP contribution in [0.4, 0.5) is 5.69 Å². The molecule has 2 rings (SSSR count). The third kappa shape index (κ3) is 3.49. The molecule has 1 aromatic carbocycles. The summed E-state index contributed by atoms with van der Waals surface area (Å²) in [6, 6.07) is 10.5. The lowest BCUT2D eigenvalue weighted by atomic mass is 10.1. The lowest BCUT2D eigenvalue weighted by molar-refractivity contribution is 0.101. The highest BCUT2D eigenvalue weighted by Crippen LogP contribution is 2.27. The Morgan fingerprint density at radius 3 is 2.75 bits per heavy atom. The second kappa shape index (κ2) is 6.55. The smallest absolute Gasteiger partial charge is 0.161 e. The molecule has 0 aliphatic rings. The molecule has 4 heteroatoms. The van der Waals surface area contributed by atoms with Gasteiger partial charge in [-0.25, -0.2) is 0 Å². The third-order valence-corrected chi connectivity index (χ3v) is 4.85. The molecule has 106 valence electrons. The topological polar surface area (TPSA) is 20.3 Å². The predicted octanol–water partition coefficient (Wildman–Crippen LogP) is 4.78. The van der Waals surface area contributed by atoms with Crippen molar-refractivity contribution in [2.45, 2.75) is 26.3 Å². The Kier molecular flexibility index (Phi) is 5.00. The van der Waals surface area contributed by atoms with Crippen LogP contribution in [0.3, 0.4) is 0 Å². The van der Waals surface area contributed by atoms with E-state index >= 15 is 0 Å². The van der Waals surface area contributed by atoms with Crippen LogP contribution < -0.4 is 4.90 Å². The van der Waals surface area contributed by atoms with Crippen molar-refractivity contribution in [2.24, 2.45) is 0 Å². The first-order valence-electron chi connectivity index (χ1n) is 6.54. The SMILES string of the molecule is CC(=O)c1cc(Br)ccc1N(C)C(C)Cc1cccs1. The van der Waals surface area contributed by atoms with Crippen molar-refractivity contribution >= 4 is 38.7 Å². The number of hydrogen-bond acceptors (Lipinski definition) is 3. The Bertz CT molecular complexity index is 595. The lowest BCUT2D eigenvalue weighted by Gasteiger charge is -2.28. The van der Waals surface area contributed by atoms with E-state index in [1.54, 1.807) is 18.3 Å². The van der Waals surface area contributed by atoms with Gasteiger partial charge < -0.3 is 4.90 Å². The minimum absolute atomic E-state index is 0.0940. The number of halogens is 1. The Balaban J connectivity index is 2.24. The highest BCUT2D eigenvalue weighted by atomic mass is 79.9. The largest absolute Gasteiger partial charge is 0.371 e. The molecule has 2 aromatic rings. The molecule has 0 saturated carbocycles. The molecule has 1 heterocycles. The number of thiophene rings is 1. The first-order chi connectivity index (χ1) is 9.49. The Morgan fingerprint density at radius 2 is 2.15 bits per heavy atom. The summed E-state index contributed by atoms with van der Waals surface area (Å²) in [7, 11) is 2.05. The van der Waals surface area contributed by atoms with Gasteiger partial charge in [0.05, 0.1) is 0 Å². The van der Waals surface area contributed by atoms with Crippen molar-refractivity contribution in [3.05, 3.63) is 50.6 Å². The summed E-state index contributed by atoms with van der Waals surface area (Å²) in [5.41, 5.74) is 1.75. The third-order valence-electron chi connectivity index (χ3n) is 3.46. The fourth-order valence-electron chi connectivity index (χ4n) is 2.19. The molecule has 1 aromatic heterocycles. The van der Waals surface area contributed by atoms with Crippen LogP contribution in [0.5, 0.6) is 0 Å². The maximum Gasteiger partial charge on any atom is 0.161 e. The summed E-state index contributed by atoms with van der Waals surface area (Å²) in [5.74, 6) is 0.0940. The van der Waals surface area contributed by atoms with Crippen molar-refractivity contribution < 1.29 is 4.79 Å². The number of hydrogen-bond donors (Lipinski definition) is 0. The van der Waals surface area contributed by atoms with Gasteiger partial charge in [-0.1, -0.05) is 22.0 Å². The van der Waals surface area contributed by atoms with Gasteiger partial charge in [-0.05, 0) is 43.5 Å². The van der Waals surface area contributed by atoms with Gasteiger partial charge in [0.15, 0.2) is 5.78 Å². The van der Waals surface area contributed by atoms with E-state index in [4.69, 9.17) is 0 Å². The molecule has 0 aliphatic heterocycles. The molecule has 20 heavy (non-hydrogen) atoms. The van der Waals surface area contributed by atoms with Crippen LogP contribution in [0, 0.1) is 0 Å². The molecule has 0 amide bonds. The van der Waals surface area contributed by atoms with E-state index in [0.29, 0.717) is 6.04 Å². The van der Waals surface area contributed by atoms with Gasteiger partial charge in [-0.3, -0.25) is 4.79 Å². The minimum Gasteiger partial charge on any atom is -0.371 e. The minimum atomic E-state index is 0.0940. The molecule has 1 atom stereocenters. The van der Waals surface area contributed by atoms with E-state index in [-0.39, 0.29) is 5.78 Å². The molecule has 0 fully saturated rings. The van der Waals surface area contributed by atoms with Crippen LogP contribution in [0.1, 0.15) is 29.1 Å². The van der Waals surface area contributed by atoms with Crippen molar-refractivity contribution in [3.8, 4) is 0 Å². The maximum atomic E-state index is 11.8. The Hall–Kier alpha value is -1.13. The number of carbonyl (C=O) groups is 1. The van der Waals surface area contributed by atoms with E-state index < -0.39 is 0 Å². The molecule has 0 saturated heterocycles. The fraction of sp³-hybridized carbons (Fsp3) is 0.312. The number of likely N-dealkylation sites (N-methyl/N-ethyl adjacent to an activating group) is 1. The maximum absolute atomic E-state index is 11.8. The number of ketones is 1. The summed E-state index contributed by atoms with van der Waals surface area (Å²) in [5, 5.41) is 2.10. The zero-order valence-electron chi connectivity index (χ0n) is 11.9. The van der Waals surface area contributed by atoms with Crippen LogP contribution in [0.2, 0.25) is 0 Å². The summed E-state index contributed by atoms with van der Waals surface area (Å²) in [6.07, 6.45) is 0.988. The average Bonchev–Trinajstić information content (AvgIpc) is 2.90. The normalized spacial score (nSPS) is 12.2. The summed E-state index contributed by atoms with van der Waals surface area (Å²) >= 11 is 5.21. The summed E-state index contributed by atoms with van der Waals surface area (Å²) in [4.78, 5) is 15.4. The molecule has 0 radical (unpaired) electrons. The van der Waals surface area contributed by atoms with Gasteiger partial charge >= 0.3 is 0 Å². The number of rotatable bonds is 5. The molecule has 0 N–H and O–H groups in total. The summed E-state index contributed by atoms with van der Waals surface area (Å²) in [6.45, 7) is 3.80. The van der Waals surface area contributed by atoms with Crippen LogP contribution in [0.15, 0.2) is 40.2 Å². The Labute approximate surface area is 132 Å². The highest BCUT2D eigenvalue weighted by Gasteiger charge is 2.16. The Morgan fingerprint density at radius 1 is 1.40 bits per heavy atom. The van der Waals surface area contributed by atoms with Gasteiger partial charge in [-0.15, -0.1) is 11.3 Å². The number of anilines is 1. The molecule has 2 nitrogen and oxygen atoms in total. The van der Waals surface area contributed by atoms with E-state index in [9.17, 15) is 4.79 Å². The van der Waals surface area contributed by atoms with Gasteiger partial charge in [0.2, 0.25) is 0 Å². The van der Waals surface area contributed by atoms with Crippen LogP contribution in [0.25, 0.3) is 0 Å². The second-order valence-corrected chi connectivity index (χ2v) is 6.91. The zero-order chi connectivity index (χ0) is 14.7. The molecule has 0 bridgehead atoms. The fourth-order valence-corrected chi connectivity index (χ4v) is 3.38. The number of Topliss-reactive ketones (excluding diaryl/α,β-unsaturated/α-hetero) is 1. The quantitative estimate of drug-likeness (QED) is 0.722. The van der Waals surface area contributed by atoms with E-state index in [1.807, 2.05) is 25.2 Å². The first kappa shape index (κ1) is 15.3. The van der Waals surface area contributed by atoms with Crippen molar-refractivity contribution in [3.63, 3.8) is 0 Å². The lowest BCUT2D eigenvalue weighted by Crippen LogP contribution is -2.31. The van der Waals surface area contributed by atoms with Crippen LogP contribution in [-0.4, -0.2) is 18.9 Å². The second-order valence-electron chi connectivity index (χ2n) is 4.96. The van der Waals surface area contributed by atoms with Gasteiger partial charge in [0, 0.05) is 40.1 Å². The number of nitrogens with zero attached hydrogens (tertiary/aromatic N) is 1. The number of carbonyl (C=O) groups excluding carboxylic acids is 1. The molecule has 0 aliphatic carbocycles. The standard InChI is InChI=1S/C16H18BrNOS/c1-11(9-14-5-4-8-20-14)18(3)16-7-6-13(17)10-15(16)12(2)19/h4-8,10-11H,9H2,1-3H3. The van der Waals surface area contributed by atoms with Crippen molar-refractivity contribution in [2.75, 3.05) is 11.9 Å². The van der Waals surface area contributed by atoms with Gasteiger partial charge in [0.25, 0.3) is 0 Å². The van der Waals surface area contributed by atoms with Crippen LogP contribution in [-0.2, 0) is 6.42 Å². The zero-order valence-corrected chi connectivity index (χ0v) is 14.3. The van der Waals surface area contributed by atoms with Crippen molar-refractivity contribution in [1.82, 2.24) is 0 Å². The van der Waals surface area contributed by atoms with E-state index in [2.05, 4.69) is 45.3 Å². The predicted molar refractivity (Wildman–Crippen MR) is 90.0 cm³/mol. The molecule has 0 spiro atoms. The monoisotopic (exact) mass is 351 g/mol. The molecule has 1 unspecified atom stereocenters. The summed E-state index contributed by atoms with van der Waals surface area (Å²) < 4.78 is 0.936. The molecular weight excluding hydrogens is 334 g/mol. The van der Waals surface area contributed by atoms with Crippen LogP contribution >= 0.6 is 27.3 Å².